The second-order valence-corrected chi connectivity index (χ2v) is 8.60. The molecule has 2 fully saturated rings. The van der Waals surface area contributed by atoms with E-state index in [0.717, 1.165) is 38.6 Å². The lowest BCUT2D eigenvalue weighted by atomic mass is 10.2. The maximum absolute atomic E-state index is 6.02. The lowest BCUT2D eigenvalue weighted by Crippen LogP contribution is -2.48. The highest BCUT2D eigenvalue weighted by Crippen LogP contribution is 2.22. The van der Waals surface area contributed by atoms with Crippen LogP contribution in [0.1, 0.15) is 36.4 Å². The van der Waals surface area contributed by atoms with Crippen molar-refractivity contribution in [2.45, 2.75) is 58.2 Å². The SMILES string of the molecule is CCNC(=NCC1CN2CCCC2CO1)NC(C)Cc1ccc(C)s1. The number of aliphatic imine (C=N–C) groups is 1. The van der Waals surface area contributed by atoms with E-state index in [-0.39, 0.29) is 6.10 Å². The Morgan fingerprint density at radius 2 is 2.36 bits per heavy atom. The van der Waals surface area contributed by atoms with E-state index >= 15 is 0 Å². The summed E-state index contributed by atoms with van der Waals surface area (Å²) in [6.45, 7) is 11.2. The Bertz CT molecular complexity index is 574. The molecule has 5 nitrogen and oxygen atoms in total. The van der Waals surface area contributed by atoms with Crippen LogP contribution in [0.5, 0.6) is 0 Å². The van der Waals surface area contributed by atoms with Crippen molar-refractivity contribution < 1.29 is 4.74 Å². The summed E-state index contributed by atoms with van der Waals surface area (Å²) in [5.41, 5.74) is 0. The minimum atomic E-state index is 0.222. The number of rotatable bonds is 6. The molecule has 2 N–H and O–H groups in total. The third-order valence-corrected chi connectivity index (χ3v) is 5.97. The van der Waals surface area contributed by atoms with E-state index in [1.807, 2.05) is 11.3 Å². The molecule has 1 aromatic heterocycles. The highest BCUT2D eigenvalue weighted by Gasteiger charge is 2.32. The Morgan fingerprint density at radius 3 is 3.12 bits per heavy atom. The van der Waals surface area contributed by atoms with Gasteiger partial charge in [0.15, 0.2) is 5.96 Å². The fraction of sp³-hybridized carbons (Fsp3) is 0.737. The fourth-order valence-corrected chi connectivity index (χ4v) is 4.71. The van der Waals surface area contributed by atoms with Crippen LogP contribution in [-0.4, -0.2) is 61.8 Å². The summed E-state index contributed by atoms with van der Waals surface area (Å²) >= 11 is 1.88. The number of nitrogens with one attached hydrogen (secondary N) is 2. The predicted molar refractivity (Wildman–Crippen MR) is 106 cm³/mol. The molecule has 0 bridgehead atoms. The first-order chi connectivity index (χ1) is 12.1. The summed E-state index contributed by atoms with van der Waals surface area (Å²) in [6.07, 6.45) is 3.85. The van der Waals surface area contributed by atoms with Gasteiger partial charge >= 0.3 is 0 Å². The Labute approximate surface area is 155 Å². The zero-order valence-corrected chi connectivity index (χ0v) is 16.6. The summed E-state index contributed by atoms with van der Waals surface area (Å²) in [7, 11) is 0. The molecule has 0 spiro atoms. The fourth-order valence-electron chi connectivity index (χ4n) is 3.69. The Kier molecular flexibility index (Phi) is 6.73. The molecule has 0 amide bonds. The van der Waals surface area contributed by atoms with Crippen LogP contribution in [-0.2, 0) is 11.2 Å². The molecule has 6 heteroatoms. The van der Waals surface area contributed by atoms with Gasteiger partial charge in [-0.2, -0.15) is 0 Å². The molecule has 3 rings (SSSR count). The van der Waals surface area contributed by atoms with Gasteiger partial charge in [-0.1, -0.05) is 0 Å². The lowest BCUT2D eigenvalue weighted by molar-refractivity contribution is -0.0432. The van der Waals surface area contributed by atoms with Gasteiger partial charge in [0.05, 0.1) is 19.3 Å². The number of morpholine rings is 1. The first-order valence-electron chi connectivity index (χ1n) is 9.60. The quantitative estimate of drug-likeness (QED) is 0.601. The van der Waals surface area contributed by atoms with Gasteiger partial charge < -0.3 is 15.4 Å². The monoisotopic (exact) mass is 364 g/mol. The topological polar surface area (TPSA) is 48.9 Å². The van der Waals surface area contributed by atoms with Crippen molar-refractivity contribution in [3.05, 3.63) is 21.9 Å². The average Bonchev–Trinajstić information content (AvgIpc) is 3.21. The number of nitrogens with zero attached hydrogens (tertiary/aromatic N) is 2. The van der Waals surface area contributed by atoms with Gasteiger partial charge in [0.1, 0.15) is 0 Å². The smallest absolute Gasteiger partial charge is 0.191 e. The Balaban J connectivity index is 1.50. The predicted octanol–water partition coefficient (Wildman–Crippen LogP) is 2.41. The molecule has 0 saturated carbocycles. The maximum Gasteiger partial charge on any atom is 0.191 e. The van der Waals surface area contributed by atoms with Crippen LogP contribution in [0.15, 0.2) is 17.1 Å². The van der Waals surface area contributed by atoms with Gasteiger partial charge in [-0.3, -0.25) is 9.89 Å². The van der Waals surface area contributed by atoms with Crippen LogP contribution in [0, 0.1) is 6.92 Å². The number of hydrogen-bond acceptors (Lipinski definition) is 4. The third kappa shape index (κ3) is 5.43. The molecule has 0 radical (unpaired) electrons. The van der Waals surface area contributed by atoms with Crippen molar-refractivity contribution in [1.29, 1.82) is 0 Å². The minimum Gasteiger partial charge on any atom is -0.373 e. The van der Waals surface area contributed by atoms with Crippen molar-refractivity contribution in [2.24, 2.45) is 4.99 Å². The molecular weight excluding hydrogens is 332 g/mol. The van der Waals surface area contributed by atoms with E-state index in [1.165, 1.54) is 29.1 Å². The van der Waals surface area contributed by atoms with Gasteiger partial charge in [-0.25, -0.2) is 0 Å². The summed E-state index contributed by atoms with van der Waals surface area (Å²) in [5, 5.41) is 6.90. The van der Waals surface area contributed by atoms with E-state index in [4.69, 9.17) is 9.73 Å². The number of guanidine groups is 1. The van der Waals surface area contributed by atoms with Crippen LogP contribution in [0.2, 0.25) is 0 Å². The van der Waals surface area contributed by atoms with Crippen LogP contribution >= 0.6 is 11.3 Å². The minimum absolute atomic E-state index is 0.222. The maximum atomic E-state index is 6.02. The van der Waals surface area contributed by atoms with Crippen molar-refractivity contribution in [3.8, 4) is 0 Å². The first-order valence-corrected chi connectivity index (χ1v) is 10.4. The largest absolute Gasteiger partial charge is 0.373 e. The van der Waals surface area contributed by atoms with Gasteiger partial charge in [0.25, 0.3) is 0 Å². The molecule has 3 unspecified atom stereocenters. The summed E-state index contributed by atoms with van der Waals surface area (Å²) < 4.78 is 6.02. The number of thiophene rings is 1. The number of fused-ring (bicyclic) bond motifs is 1. The molecule has 0 aromatic carbocycles. The lowest BCUT2D eigenvalue weighted by Gasteiger charge is -2.34. The van der Waals surface area contributed by atoms with Crippen molar-refractivity contribution in [2.75, 3.05) is 32.8 Å². The number of hydrogen-bond donors (Lipinski definition) is 2. The molecule has 2 saturated heterocycles. The van der Waals surface area contributed by atoms with E-state index in [2.05, 4.69) is 48.4 Å². The highest BCUT2D eigenvalue weighted by atomic mass is 32.1. The Morgan fingerprint density at radius 1 is 1.48 bits per heavy atom. The van der Waals surface area contributed by atoms with Crippen LogP contribution in [0.3, 0.4) is 0 Å². The molecule has 2 aliphatic rings. The number of aryl methyl sites for hydroxylation is 1. The third-order valence-electron chi connectivity index (χ3n) is 4.95. The molecule has 140 valence electrons. The van der Waals surface area contributed by atoms with Crippen molar-refractivity contribution in [1.82, 2.24) is 15.5 Å². The Hall–Kier alpha value is -1.11. The molecule has 3 heterocycles. The van der Waals surface area contributed by atoms with Crippen LogP contribution in [0.25, 0.3) is 0 Å². The summed E-state index contributed by atoms with van der Waals surface area (Å²) in [5.74, 6) is 0.899. The molecular formula is C19H32N4OS. The molecule has 3 atom stereocenters. The normalized spacial score (nSPS) is 25.6. The van der Waals surface area contributed by atoms with Crippen LogP contribution in [0.4, 0.5) is 0 Å². The number of ether oxygens (including phenoxy) is 1. The molecule has 1 aromatic rings. The molecule has 2 aliphatic heterocycles. The molecule has 25 heavy (non-hydrogen) atoms. The molecule has 0 aliphatic carbocycles. The first kappa shape index (κ1) is 18.7. The van der Waals surface area contributed by atoms with Gasteiger partial charge in [-0.05, 0) is 52.3 Å². The van der Waals surface area contributed by atoms with E-state index < -0.39 is 0 Å². The van der Waals surface area contributed by atoms with E-state index in [0.29, 0.717) is 12.1 Å². The van der Waals surface area contributed by atoms with Gasteiger partial charge in [0.2, 0.25) is 0 Å². The zero-order valence-electron chi connectivity index (χ0n) is 15.8. The van der Waals surface area contributed by atoms with Crippen molar-refractivity contribution in [3.63, 3.8) is 0 Å². The standard InChI is InChI=1S/C19H32N4OS/c1-4-20-19(22-14(2)10-18-8-7-15(3)25-18)21-11-17-12-23-9-5-6-16(23)13-24-17/h7-8,14,16-17H,4-6,9-13H2,1-3H3,(H2,20,21,22). The average molecular weight is 365 g/mol. The summed E-state index contributed by atoms with van der Waals surface area (Å²) in [4.78, 5) is 10.2. The van der Waals surface area contributed by atoms with Gasteiger partial charge in [0, 0.05) is 41.3 Å². The highest BCUT2D eigenvalue weighted by molar-refractivity contribution is 7.11. The van der Waals surface area contributed by atoms with Crippen LogP contribution < -0.4 is 10.6 Å². The van der Waals surface area contributed by atoms with Gasteiger partial charge in [-0.15, -0.1) is 11.3 Å². The van der Waals surface area contributed by atoms with Crippen molar-refractivity contribution >= 4 is 17.3 Å². The van der Waals surface area contributed by atoms with E-state index in [1.54, 1.807) is 0 Å². The van der Waals surface area contributed by atoms with E-state index in [9.17, 15) is 0 Å². The second kappa shape index (κ2) is 9.01. The second-order valence-electron chi connectivity index (χ2n) is 7.23. The summed E-state index contributed by atoms with van der Waals surface area (Å²) in [6, 6.07) is 5.43. The zero-order chi connectivity index (χ0) is 17.6.